The van der Waals surface area contributed by atoms with Gasteiger partial charge in [-0.1, -0.05) is 0 Å². The number of nitrogens with zero attached hydrogens (tertiary/aromatic N) is 4. The lowest BCUT2D eigenvalue weighted by molar-refractivity contribution is -0.174. The molecule has 0 radical (unpaired) electrons. The van der Waals surface area contributed by atoms with Gasteiger partial charge in [-0.2, -0.15) is 13.2 Å². The summed E-state index contributed by atoms with van der Waals surface area (Å²) in [5.74, 6) is -0.316. The van der Waals surface area contributed by atoms with Gasteiger partial charge >= 0.3 is 6.18 Å². The maximum atomic E-state index is 13.1. The van der Waals surface area contributed by atoms with E-state index < -0.39 is 18.6 Å². The molecule has 0 amide bonds. The van der Waals surface area contributed by atoms with Crippen molar-refractivity contribution in [3.8, 4) is 11.4 Å². The number of benzene rings is 1. The van der Waals surface area contributed by atoms with Gasteiger partial charge in [0.2, 0.25) is 0 Å². The largest absolute Gasteiger partial charge is 0.411 e. The summed E-state index contributed by atoms with van der Waals surface area (Å²) in [6.45, 7) is -1.53. The van der Waals surface area contributed by atoms with Gasteiger partial charge in [0, 0.05) is 5.56 Å². The van der Waals surface area contributed by atoms with Gasteiger partial charge in [-0.15, -0.1) is 5.10 Å². The molecule has 6 nitrogen and oxygen atoms in total. The number of aromatic nitrogens is 4. The highest BCUT2D eigenvalue weighted by Gasteiger charge is 2.27. The van der Waals surface area contributed by atoms with E-state index in [0.29, 0.717) is 5.56 Å². The minimum absolute atomic E-state index is 0.0235. The highest BCUT2D eigenvalue weighted by molar-refractivity contribution is 5.61. The fourth-order valence-corrected chi connectivity index (χ4v) is 1.58. The Morgan fingerprint density at radius 3 is 2.71 bits per heavy atom. The van der Waals surface area contributed by atoms with Crippen molar-refractivity contribution in [3.05, 3.63) is 24.0 Å². The maximum absolute atomic E-state index is 13.1. The summed E-state index contributed by atoms with van der Waals surface area (Å²) in [7, 11) is 0. The van der Waals surface area contributed by atoms with E-state index in [1.165, 1.54) is 16.8 Å². The standard InChI is InChI=1S/C11H11F4N5O/c12-8-2-1-7(5-9(8)16)10-17-18-19-20(10)3-4-21-6-11(13,14)15/h1-2,5H,3-4,6,16H2. The second-order valence-corrected chi connectivity index (χ2v) is 4.13. The Morgan fingerprint density at radius 1 is 1.29 bits per heavy atom. The first-order valence-electron chi connectivity index (χ1n) is 5.83. The van der Waals surface area contributed by atoms with E-state index in [9.17, 15) is 17.6 Å². The lowest BCUT2D eigenvalue weighted by Crippen LogP contribution is -2.19. The number of alkyl halides is 3. The molecular formula is C11H11F4N5O. The predicted octanol–water partition coefficient (Wildman–Crippen LogP) is 1.64. The number of rotatable bonds is 5. The fraction of sp³-hybridized carbons (Fsp3) is 0.364. The highest BCUT2D eigenvalue weighted by Crippen LogP contribution is 2.21. The van der Waals surface area contributed by atoms with Crippen molar-refractivity contribution in [2.24, 2.45) is 0 Å². The first kappa shape index (κ1) is 15.2. The van der Waals surface area contributed by atoms with E-state index in [-0.39, 0.29) is 24.7 Å². The van der Waals surface area contributed by atoms with Crippen LogP contribution in [0.2, 0.25) is 0 Å². The molecule has 1 heterocycles. The Morgan fingerprint density at radius 2 is 2.05 bits per heavy atom. The number of hydrogen-bond donors (Lipinski definition) is 1. The summed E-state index contributed by atoms with van der Waals surface area (Å²) >= 11 is 0. The molecule has 0 aliphatic heterocycles. The highest BCUT2D eigenvalue weighted by atomic mass is 19.4. The number of anilines is 1. The zero-order valence-corrected chi connectivity index (χ0v) is 10.6. The first-order valence-corrected chi connectivity index (χ1v) is 5.83. The van der Waals surface area contributed by atoms with Gasteiger partial charge in [0.05, 0.1) is 18.8 Å². The molecule has 0 aliphatic carbocycles. The maximum Gasteiger partial charge on any atom is 0.411 e. The van der Waals surface area contributed by atoms with Crippen LogP contribution in [0, 0.1) is 5.82 Å². The van der Waals surface area contributed by atoms with E-state index in [4.69, 9.17) is 5.73 Å². The van der Waals surface area contributed by atoms with Crippen molar-refractivity contribution >= 4 is 5.69 Å². The molecule has 0 spiro atoms. The van der Waals surface area contributed by atoms with Crippen LogP contribution in [0.25, 0.3) is 11.4 Å². The van der Waals surface area contributed by atoms with E-state index in [1.807, 2.05) is 0 Å². The smallest absolute Gasteiger partial charge is 0.396 e. The van der Waals surface area contributed by atoms with Gasteiger partial charge in [-0.25, -0.2) is 9.07 Å². The fourth-order valence-electron chi connectivity index (χ4n) is 1.58. The number of nitrogen functional groups attached to an aromatic ring is 1. The summed E-state index contributed by atoms with van der Waals surface area (Å²) in [6.07, 6.45) is -4.38. The van der Waals surface area contributed by atoms with Crippen molar-refractivity contribution in [2.75, 3.05) is 18.9 Å². The molecule has 0 atom stereocenters. The first-order chi connectivity index (χ1) is 9.87. The van der Waals surface area contributed by atoms with Crippen molar-refractivity contribution in [3.63, 3.8) is 0 Å². The number of hydrogen-bond acceptors (Lipinski definition) is 5. The van der Waals surface area contributed by atoms with Crippen LogP contribution in [-0.2, 0) is 11.3 Å². The molecule has 10 heteroatoms. The molecule has 0 aliphatic rings. The van der Waals surface area contributed by atoms with Gasteiger partial charge < -0.3 is 10.5 Å². The SMILES string of the molecule is Nc1cc(-c2nnnn2CCOCC(F)(F)F)ccc1F. The Bertz CT molecular complexity index is 613. The van der Waals surface area contributed by atoms with Gasteiger partial charge in [0.15, 0.2) is 5.82 Å². The molecule has 0 bridgehead atoms. The van der Waals surface area contributed by atoms with Crippen LogP contribution in [0.15, 0.2) is 18.2 Å². The normalized spacial score (nSPS) is 11.8. The summed E-state index contributed by atoms with van der Waals surface area (Å²) in [4.78, 5) is 0. The second kappa shape index (κ2) is 6.04. The summed E-state index contributed by atoms with van der Waals surface area (Å²) in [6, 6.07) is 3.92. The zero-order valence-electron chi connectivity index (χ0n) is 10.6. The Hall–Kier alpha value is -2.23. The van der Waals surface area contributed by atoms with Crippen molar-refractivity contribution in [1.82, 2.24) is 20.2 Å². The average Bonchev–Trinajstić information content (AvgIpc) is 2.85. The quantitative estimate of drug-likeness (QED) is 0.516. The molecule has 0 fully saturated rings. The molecule has 2 rings (SSSR count). The van der Waals surface area contributed by atoms with Crippen LogP contribution in [0.4, 0.5) is 23.2 Å². The summed E-state index contributed by atoms with van der Waals surface area (Å²) in [5, 5.41) is 10.8. The average molecular weight is 305 g/mol. The number of ether oxygens (including phenoxy) is 1. The molecule has 0 saturated carbocycles. The third-order valence-corrected chi connectivity index (χ3v) is 2.50. The minimum atomic E-state index is -4.38. The number of tetrazole rings is 1. The monoisotopic (exact) mass is 305 g/mol. The lowest BCUT2D eigenvalue weighted by atomic mass is 10.2. The topological polar surface area (TPSA) is 78.9 Å². The Balaban J connectivity index is 2.03. The van der Waals surface area contributed by atoms with Gasteiger partial charge in [0.25, 0.3) is 0 Å². The molecule has 114 valence electrons. The molecular weight excluding hydrogens is 294 g/mol. The van der Waals surface area contributed by atoms with Crippen molar-refractivity contribution < 1.29 is 22.3 Å². The third-order valence-electron chi connectivity index (χ3n) is 2.50. The van der Waals surface area contributed by atoms with E-state index in [2.05, 4.69) is 20.3 Å². The van der Waals surface area contributed by atoms with Gasteiger partial charge in [-0.3, -0.25) is 0 Å². The van der Waals surface area contributed by atoms with E-state index in [1.54, 1.807) is 0 Å². The van der Waals surface area contributed by atoms with Gasteiger partial charge in [0.1, 0.15) is 12.4 Å². The molecule has 2 aromatic rings. The molecule has 21 heavy (non-hydrogen) atoms. The second-order valence-electron chi connectivity index (χ2n) is 4.13. The summed E-state index contributed by atoms with van der Waals surface area (Å²) < 4.78 is 54.6. The third kappa shape index (κ3) is 4.12. The van der Waals surface area contributed by atoms with E-state index in [0.717, 1.165) is 6.07 Å². The van der Waals surface area contributed by atoms with Crippen LogP contribution < -0.4 is 5.73 Å². The number of nitrogens with two attached hydrogens (primary N) is 1. The van der Waals surface area contributed by atoms with Crippen molar-refractivity contribution in [1.29, 1.82) is 0 Å². The molecule has 0 saturated heterocycles. The summed E-state index contributed by atoms with van der Waals surface area (Å²) in [5.41, 5.74) is 5.82. The molecule has 2 N–H and O–H groups in total. The predicted molar refractivity (Wildman–Crippen MR) is 64.5 cm³/mol. The Kier molecular flexibility index (Phi) is 4.36. The van der Waals surface area contributed by atoms with Crippen LogP contribution in [-0.4, -0.2) is 39.6 Å². The van der Waals surface area contributed by atoms with Crippen LogP contribution in [0.3, 0.4) is 0 Å². The van der Waals surface area contributed by atoms with Crippen molar-refractivity contribution in [2.45, 2.75) is 12.7 Å². The molecule has 1 aromatic carbocycles. The van der Waals surface area contributed by atoms with Crippen LogP contribution in [0.5, 0.6) is 0 Å². The minimum Gasteiger partial charge on any atom is -0.396 e. The number of halogens is 4. The van der Waals surface area contributed by atoms with Crippen LogP contribution in [0.1, 0.15) is 0 Å². The van der Waals surface area contributed by atoms with Crippen LogP contribution >= 0.6 is 0 Å². The molecule has 1 aromatic heterocycles. The van der Waals surface area contributed by atoms with Gasteiger partial charge in [-0.05, 0) is 28.6 Å². The lowest BCUT2D eigenvalue weighted by Gasteiger charge is -2.08. The zero-order chi connectivity index (χ0) is 15.5. The molecule has 0 unspecified atom stereocenters. The van der Waals surface area contributed by atoms with E-state index >= 15 is 0 Å². The Labute approximate surface area is 116 Å².